The third kappa shape index (κ3) is 2.51. The number of nitrogens with zero attached hydrogens (tertiary/aromatic N) is 2. The van der Waals surface area contributed by atoms with Gasteiger partial charge in [-0.2, -0.15) is 4.98 Å². The summed E-state index contributed by atoms with van der Waals surface area (Å²) < 4.78 is 6.42. The molecule has 1 unspecified atom stereocenters. The van der Waals surface area contributed by atoms with Gasteiger partial charge in [-0.15, -0.1) is 0 Å². The van der Waals surface area contributed by atoms with E-state index in [0.29, 0.717) is 24.7 Å². The van der Waals surface area contributed by atoms with Crippen LogP contribution in [0.4, 0.5) is 0 Å². The largest absolute Gasteiger partial charge is 0.392 e. The van der Waals surface area contributed by atoms with E-state index in [1.807, 2.05) is 26.0 Å². The van der Waals surface area contributed by atoms with Gasteiger partial charge in [0.2, 0.25) is 11.7 Å². The number of halogens is 1. The zero-order valence-corrected chi connectivity index (χ0v) is 12.9. The SMILES string of the molecule is Cc1cc(-c2noc([C@@H]3CC(O)CN3)n2)cc(C)c1Br. The van der Waals surface area contributed by atoms with Crippen LogP contribution in [0.5, 0.6) is 0 Å². The molecule has 106 valence electrons. The summed E-state index contributed by atoms with van der Waals surface area (Å²) >= 11 is 3.55. The minimum atomic E-state index is -0.340. The van der Waals surface area contributed by atoms with Gasteiger partial charge >= 0.3 is 0 Å². The first-order chi connectivity index (χ1) is 9.54. The monoisotopic (exact) mass is 337 g/mol. The van der Waals surface area contributed by atoms with Crippen LogP contribution in [-0.4, -0.2) is 27.9 Å². The second kappa shape index (κ2) is 5.27. The highest BCUT2D eigenvalue weighted by molar-refractivity contribution is 9.10. The van der Waals surface area contributed by atoms with Crippen LogP contribution >= 0.6 is 15.9 Å². The molecule has 2 N–H and O–H groups in total. The maximum Gasteiger partial charge on any atom is 0.244 e. The van der Waals surface area contributed by atoms with Crippen molar-refractivity contribution in [3.63, 3.8) is 0 Å². The number of aryl methyl sites for hydroxylation is 2. The second-order valence-corrected chi connectivity index (χ2v) is 6.02. The molecule has 1 aromatic heterocycles. The lowest BCUT2D eigenvalue weighted by atomic mass is 10.1. The molecule has 3 rings (SSSR count). The van der Waals surface area contributed by atoms with Gasteiger partial charge in [0.15, 0.2) is 0 Å². The highest BCUT2D eigenvalue weighted by atomic mass is 79.9. The van der Waals surface area contributed by atoms with Gasteiger partial charge in [-0.05, 0) is 43.5 Å². The van der Waals surface area contributed by atoms with E-state index in [2.05, 4.69) is 31.4 Å². The van der Waals surface area contributed by atoms with E-state index in [4.69, 9.17) is 4.52 Å². The van der Waals surface area contributed by atoms with E-state index in [-0.39, 0.29) is 12.1 Å². The molecule has 20 heavy (non-hydrogen) atoms. The molecule has 2 atom stereocenters. The summed E-state index contributed by atoms with van der Waals surface area (Å²) in [6, 6.07) is 4.01. The molecule has 1 fully saturated rings. The number of hydrogen-bond acceptors (Lipinski definition) is 5. The summed E-state index contributed by atoms with van der Waals surface area (Å²) in [6.07, 6.45) is 0.271. The lowest BCUT2D eigenvalue weighted by Crippen LogP contribution is -2.15. The lowest BCUT2D eigenvalue weighted by molar-refractivity contribution is 0.191. The molecule has 5 nitrogen and oxygen atoms in total. The van der Waals surface area contributed by atoms with E-state index in [0.717, 1.165) is 21.2 Å². The maximum atomic E-state index is 9.53. The molecule has 0 bridgehead atoms. The number of aliphatic hydroxyl groups excluding tert-OH is 1. The van der Waals surface area contributed by atoms with Crippen molar-refractivity contribution in [1.29, 1.82) is 0 Å². The molecule has 6 heteroatoms. The number of benzene rings is 1. The van der Waals surface area contributed by atoms with Crippen LogP contribution < -0.4 is 5.32 Å². The van der Waals surface area contributed by atoms with Crippen LogP contribution in [-0.2, 0) is 0 Å². The van der Waals surface area contributed by atoms with Crippen LogP contribution in [0.3, 0.4) is 0 Å². The molecule has 0 saturated carbocycles. The van der Waals surface area contributed by atoms with Gasteiger partial charge in [0.05, 0.1) is 12.1 Å². The van der Waals surface area contributed by atoms with E-state index in [1.54, 1.807) is 0 Å². The fraction of sp³-hybridized carbons (Fsp3) is 0.429. The normalized spacial score (nSPS) is 22.4. The van der Waals surface area contributed by atoms with E-state index < -0.39 is 0 Å². The van der Waals surface area contributed by atoms with E-state index in [9.17, 15) is 5.11 Å². The molecule has 0 radical (unpaired) electrons. The summed E-state index contributed by atoms with van der Waals surface area (Å²) in [7, 11) is 0. The van der Waals surface area contributed by atoms with Gasteiger partial charge in [0.1, 0.15) is 0 Å². The van der Waals surface area contributed by atoms with E-state index in [1.165, 1.54) is 0 Å². The zero-order chi connectivity index (χ0) is 14.3. The minimum absolute atomic E-state index is 0.0520. The van der Waals surface area contributed by atoms with Crippen molar-refractivity contribution in [3.05, 3.63) is 33.6 Å². The number of β-amino-alcohol motifs (C(OH)–C–C–N with tert-alkyl or cyclic N) is 1. The van der Waals surface area contributed by atoms with Crippen molar-refractivity contribution in [3.8, 4) is 11.4 Å². The Hall–Kier alpha value is -1.24. The quantitative estimate of drug-likeness (QED) is 0.880. The Balaban J connectivity index is 1.90. The Morgan fingerprint density at radius 3 is 2.65 bits per heavy atom. The Morgan fingerprint density at radius 2 is 2.05 bits per heavy atom. The molecule has 1 aromatic carbocycles. The Bertz CT molecular complexity index is 618. The summed E-state index contributed by atoms with van der Waals surface area (Å²) in [5.74, 6) is 1.12. The van der Waals surface area contributed by atoms with Crippen LogP contribution in [0.1, 0.15) is 29.5 Å². The summed E-state index contributed by atoms with van der Waals surface area (Å²) in [5.41, 5.74) is 3.22. The second-order valence-electron chi connectivity index (χ2n) is 5.23. The molecule has 1 aliphatic heterocycles. The van der Waals surface area contributed by atoms with Crippen molar-refractivity contribution in [1.82, 2.24) is 15.5 Å². The fourth-order valence-electron chi connectivity index (χ4n) is 2.47. The van der Waals surface area contributed by atoms with Crippen molar-refractivity contribution in [2.75, 3.05) is 6.54 Å². The molecule has 1 aliphatic rings. The first-order valence-electron chi connectivity index (χ1n) is 6.57. The molecular formula is C14H16BrN3O2. The average Bonchev–Trinajstić information content (AvgIpc) is 3.03. The third-order valence-electron chi connectivity index (χ3n) is 3.54. The first kappa shape index (κ1) is 13.7. The number of rotatable bonds is 2. The lowest BCUT2D eigenvalue weighted by Gasteiger charge is -2.05. The van der Waals surface area contributed by atoms with Crippen LogP contribution in [0, 0.1) is 13.8 Å². The Labute approximate surface area is 125 Å². The summed E-state index contributed by atoms with van der Waals surface area (Å²) in [6.45, 7) is 4.64. The number of hydrogen-bond donors (Lipinski definition) is 2. The van der Waals surface area contributed by atoms with Crippen LogP contribution in [0.25, 0.3) is 11.4 Å². The maximum absolute atomic E-state index is 9.53. The number of aliphatic hydroxyl groups is 1. The topological polar surface area (TPSA) is 71.2 Å². The first-order valence-corrected chi connectivity index (χ1v) is 7.36. The van der Waals surface area contributed by atoms with Crippen molar-refractivity contribution >= 4 is 15.9 Å². The fourth-order valence-corrected chi connectivity index (χ4v) is 2.70. The van der Waals surface area contributed by atoms with Gasteiger partial charge < -0.3 is 14.9 Å². The Kier molecular flexibility index (Phi) is 3.62. The predicted molar refractivity (Wildman–Crippen MR) is 78.3 cm³/mol. The molecule has 1 saturated heterocycles. The Morgan fingerprint density at radius 1 is 1.35 bits per heavy atom. The van der Waals surface area contributed by atoms with Crippen LogP contribution in [0.15, 0.2) is 21.1 Å². The molecule has 0 amide bonds. The molecule has 2 heterocycles. The van der Waals surface area contributed by atoms with Crippen molar-refractivity contribution in [2.45, 2.75) is 32.4 Å². The third-order valence-corrected chi connectivity index (χ3v) is 4.79. The number of nitrogens with one attached hydrogen (secondary N) is 1. The summed E-state index contributed by atoms with van der Waals surface area (Å²) in [4.78, 5) is 4.44. The standard InChI is InChI=1S/C14H16BrN3O2/c1-7-3-9(4-8(2)12(7)15)13-17-14(20-18-13)11-5-10(19)6-16-11/h3-4,10-11,16,19H,5-6H2,1-2H3/t10?,11-/m0/s1. The van der Waals surface area contributed by atoms with Gasteiger partial charge in [-0.1, -0.05) is 21.1 Å². The van der Waals surface area contributed by atoms with Gasteiger partial charge in [0, 0.05) is 16.6 Å². The summed E-state index contributed by atoms with van der Waals surface area (Å²) in [5, 5.41) is 16.7. The van der Waals surface area contributed by atoms with Gasteiger partial charge in [-0.25, -0.2) is 0 Å². The van der Waals surface area contributed by atoms with E-state index >= 15 is 0 Å². The molecule has 0 aliphatic carbocycles. The van der Waals surface area contributed by atoms with Crippen molar-refractivity contribution in [2.24, 2.45) is 0 Å². The predicted octanol–water partition coefficient (Wildman–Crippen LogP) is 2.51. The van der Waals surface area contributed by atoms with Gasteiger partial charge in [-0.3, -0.25) is 0 Å². The highest BCUT2D eigenvalue weighted by Gasteiger charge is 2.28. The molecular weight excluding hydrogens is 322 g/mol. The van der Waals surface area contributed by atoms with Gasteiger partial charge in [0.25, 0.3) is 0 Å². The molecule has 0 spiro atoms. The highest BCUT2D eigenvalue weighted by Crippen LogP contribution is 2.29. The van der Waals surface area contributed by atoms with Crippen molar-refractivity contribution < 1.29 is 9.63 Å². The number of aromatic nitrogens is 2. The average molecular weight is 338 g/mol. The zero-order valence-electron chi connectivity index (χ0n) is 11.4. The minimum Gasteiger partial charge on any atom is -0.392 e. The molecule has 2 aromatic rings. The van der Waals surface area contributed by atoms with Crippen LogP contribution in [0.2, 0.25) is 0 Å². The smallest absolute Gasteiger partial charge is 0.244 e.